The zero-order valence-corrected chi connectivity index (χ0v) is 16.6. The smallest absolute Gasteiger partial charge is 0.407 e. The van der Waals surface area contributed by atoms with Crippen LogP contribution in [0.15, 0.2) is 36.7 Å². The van der Waals surface area contributed by atoms with Crippen molar-refractivity contribution in [2.45, 2.75) is 51.4 Å². The molecule has 156 valence electrons. The minimum Gasteiger partial charge on any atom is -0.444 e. The van der Waals surface area contributed by atoms with Crippen LogP contribution in [-0.4, -0.2) is 46.1 Å². The first-order valence-electron chi connectivity index (χ1n) is 9.44. The average Bonchev–Trinajstić information content (AvgIpc) is 3.28. The van der Waals surface area contributed by atoms with Gasteiger partial charge in [-0.3, -0.25) is 4.79 Å². The number of ether oxygens (including phenoxy) is 2. The number of nitrogens with one attached hydrogen (secondary N) is 2. The lowest BCUT2D eigenvalue weighted by Gasteiger charge is -2.20. The zero-order valence-electron chi connectivity index (χ0n) is 16.6. The molecule has 0 bridgehead atoms. The van der Waals surface area contributed by atoms with Crippen molar-refractivity contribution in [3.63, 3.8) is 0 Å². The highest BCUT2D eigenvalue weighted by Gasteiger charge is 2.31. The molecule has 9 heteroatoms. The lowest BCUT2D eigenvalue weighted by atomic mass is 10.2. The van der Waals surface area contributed by atoms with Gasteiger partial charge in [-0.2, -0.15) is 5.10 Å². The fourth-order valence-electron chi connectivity index (χ4n) is 2.94. The lowest BCUT2D eigenvalue weighted by Crippen LogP contribution is -2.37. The van der Waals surface area contributed by atoms with E-state index in [-0.39, 0.29) is 18.6 Å². The predicted molar refractivity (Wildman–Crippen MR) is 104 cm³/mol. The number of hydrogen-bond donors (Lipinski definition) is 2. The Kier molecular flexibility index (Phi) is 6.17. The molecule has 0 spiro atoms. The van der Waals surface area contributed by atoms with Gasteiger partial charge in [0, 0.05) is 6.54 Å². The Morgan fingerprint density at radius 2 is 2.07 bits per heavy atom. The highest BCUT2D eigenvalue weighted by molar-refractivity contribution is 5.94. The number of carbonyl (C=O) groups is 2. The van der Waals surface area contributed by atoms with Gasteiger partial charge in [-0.25, -0.2) is 13.9 Å². The van der Waals surface area contributed by atoms with E-state index in [1.54, 1.807) is 39.0 Å². The van der Waals surface area contributed by atoms with E-state index < -0.39 is 23.6 Å². The van der Waals surface area contributed by atoms with Crippen LogP contribution in [0.3, 0.4) is 0 Å². The minimum atomic E-state index is -0.628. The SMILES string of the molecule is CC(C)(C)OC(=O)NC[C@@H]1CC[C@@H](C(=O)Nc2cnn(-c3ccccc3F)c2)O1. The van der Waals surface area contributed by atoms with E-state index in [1.807, 2.05) is 0 Å². The fourth-order valence-corrected chi connectivity index (χ4v) is 2.94. The van der Waals surface area contributed by atoms with E-state index in [0.717, 1.165) is 0 Å². The third-order valence-corrected chi connectivity index (χ3v) is 4.22. The van der Waals surface area contributed by atoms with Gasteiger partial charge in [-0.05, 0) is 45.7 Å². The maximum atomic E-state index is 13.8. The first kappa shape index (κ1) is 20.8. The van der Waals surface area contributed by atoms with Gasteiger partial charge in [-0.1, -0.05) is 12.1 Å². The van der Waals surface area contributed by atoms with Crippen LogP contribution in [0.25, 0.3) is 5.69 Å². The lowest BCUT2D eigenvalue weighted by molar-refractivity contribution is -0.126. The van der Waals surface area contributed by atoms with Crippen molar-refractivity contribution in [3.05, 3.63) is 42.5 Å². The number of carbonyl (C=O) groups excluding carboxylic acids is 2. The maximum Gasteiger partial charge on any atom is 0.407 e. The molecule has 0 unspecified atom stereocenters. The fraction of sp³-hybridized carbons (Fsp3) is 0.450. The molecule has 2 amide bonds. The summed E-state index contributed by atoms with van der Waals surface area (Å²) in [5, 5.41) is 9.46. The van der Waals surface area contributed by atoms with Crippen molar-refractivity contribution in [1.29, 1.82) is 0 Å². The molecule has 2 N–H and O–H groups in total. The van der Waals surface area contributed by atoms with E-state index in [4.69, 9.17) is 9.47 Å². The molecular formula is C20H25FN4O4. The van der Waals surface area contributed by atoms with E-state index in [1.165, 1.54) is 23.1 Å². The summed E-state index contributed by atoms with van der Waals surface area (Å²) < 4.78 is 26.1. The molecule has 1 aromatic heterocycles. The largest absolute Gasteiger partial charge is 0.444 e. The minimum absolute atomic E-state index is 0.264. The highest BCUT2D eigenvalue weighted by Crippen LogP contribution is 2.21. The Balaban J connectivity index is 1.49. The summed E-state index contributed by atoms with van der Waals surface area (Å²) in [6.07, 6.45) is 2.75. The average molecular weight is 404 g/mol. The van der Waals surface area contributed by atoms with Crippen LogP contribution in [-0.2, 0) is 14.3 Å². The number of amides is 2. The summed E-state index contributed by atoms with van der Waals surface area (Å²) in [5.41, 5.74) is 0.159. The second kappa shape index (κ2) is 8.60. The summed E-state index contributed by atoms with van der Waals surface area (Å²) in [6, 6.07) is 6.23. The Hall–Kier alpha value is -2.94. The molecule has 1 fully saturated rings. The van der Waals surface area contributed by atoms with Crippen molar-refractivity contribution in [2.24, 2.45) is 0 Å². The molecule has 2 aromatic rings. The number of rotatable bonds is 5. The van der Waals surface area contributed by atoms with Crippen LogP contribution in [0.5, 0.6) is 0 Å². The first-order chi connectivity index (χ1) is 13.7. The van der Waals surface area contributed by atoms with Gasteiger partial charge in [0.05, 0.1) is 24.2 Å². The number of anilines is 1. The molecule has 29 heavy (non-hydrogen) atoms. The number of halogens is 1. The van der Waals surface area contributed by atoms with Gasteiger partial charge in [0.1, 0.15) is 23.2 Å². The molecule has 2 atom stereocenters. The topological polar surface area (TPSA) is 94.5 Å². The van der Waals surface area contributed by atoms with E-state index >= 15 is 0 Å². The van der Waals surface area contributed by atoms with Crippen molar-refractivity contribution in [2.75, 3.05) is 11.9 Å². The second-order valence-corrected chi connectivity index (χ2v) is 7.82. The van der Waals surface area contributed by atoms with E-state index in [9.17, 15) is 14.0 Å². The van der Waals surface area contributed by atoms with Crippen LogP contribution in [0.2, 0.25) is 0 Å². The molecular weight excluding hydrogens is 379 g/mol. The molecule has 3 rings (SSSR count). The molecule has 2 heterocycles. The summed E-state index contributed by atoms with van der Waals surface area (Å²) in [7, 11) is 0. The summed E-state index contributed by atoms with van der Waals surface area (Å²) >= 11 is 0. The monoisotopic (exact) mass is 404 g/mol. The number of nitrogens with zero attached hydrogens (tertiary/aromatic N) is 2. The normalized spacial score (nSPS) is 19.0. The molecule has 1 aromatic carbocycles. The van der Waals surface area contributed by atoms with Gasteiger partial charge in [0.15, 0.2) is 0 Å². The van der Waals surface area contributed by atoms with Gasteiger partial charge in [-0.15, -0.1) is 0 Å². The van der Waals surface area contributed by atoms with E-state index in [0.29, 0.717) is 24.2 Å². The first-order valence-corrected chi connectivity index (χ1v) is 9.44. The number of benzene rings is 1. The van der Waals surface area contributed by atoms with Crippen molar-refractivity contribution in [1.82, 2.24) is 15.1 Å². The summed E-state index contributed by atoms with van der Waals surface area (Å²) in [5.74, 6) is -0.717. The van der Waals surface area contributed by atoms with Crippen molar-refractivity contribution in [3.8, 4) is 5.69 Å². The van der Waals surface area contributed by atoms with Crippen molar-refractivity contribution >= 4 is 17.7 Å². The Labute approximate surface area is 168 Å². The van der Waals surface area contributed by atoms with Crippen LogP contribution >= 0.6 is 0 Å². The molecule has 1 aliphatic heterocycles. The molecule has 0 radical (unpaired) electrons. The predicted octanol–water partition coefficient (Wildman–Crippen LogP) is 3.02. The third kappa shape index (κ3) is 5.77. The number of para-hydroxylation sites is 1. The standard InChI is InChI=1S/C20H25FN4O4/c1-20(2,3)29-19(27)22-11-14-8-9-17(28-14)18(26)24-13-10-23-25(12-13)16-7-5-4-6-15(16)21/h4-7,10,12,14,17H,8-9,11H2,1-3H3,(H,22,27)(H,24,26)/t14-,17-/m0/s1. The van der Waals surface area contributed by atoms with Crippen LogP contribution in [0, 0.1) is 5.82 Å². The Morgan fingerprint density at radius 3 is 2.79 bits per heavy atom. The third-order valence-electron chi connectivity index (χ3n) is 4.22. The Morgan fingerprint density at radius 1 is 1.31 bits per heavy atom. The quantitative estimate of drug-likeness (QED) is 0.799. The van der Waals surface area contributed by atoms with Crippen LogP contribution in [0.4, 0.5) is 14.9 Å². The molecule has 0 aliphatic carbocycles. The van der Waals surface area contributed by atoms with Gasteiger partial charge >= 0.3 is 6.09 Å². The summed E-state index contributed by atoms with van der Waals surface area (Å²) in [4.78, 5) is 24.2. The number of alkyl carbamates (subject to hydrolysis) is 1. The molecule has 1 saturated heterocycles. The van der Waals surface area contributed by atoms with Crippen LogP contribution in [0.1, 0.15) is 33.6 Å². The maximum absolute atomic E-state index is 13.8. The number of hydrogen-bond acceptors (Lipinski definition) is 5. The van der Waals surface area contributed by atoms with Gasteiger partial charge < -0.3 is 20.1 Å². The number of aromatic nitrogens is 2. The summed E-state index contributed by atoms with van der Waals surface area (Å²) in [6.45, 7) is 5.62. The molecule has 0 saturated carbocycles. The van der Waals surface area contributed by atoms with E-state index in [2.05, 4.69) is 15.7 Å². The second-order valence-electron chi connectivity index (χ2n) is 7.82. The highest BCUT2D eigenvalue weighted by atomic mass is 19.1. The Bertz CT molecular complexity index is 877. The molecule has 8 nitrogen and oxygen atoms in total. The van der Waals surface area contributed by atoms with Gasteiger partial charge in [0.2, 0.25) is 0 Å². The van der Waals surface area contributed by atoms with Crippen molar-refractivity contribution < 1.29 is 23.5 Å². The van der Waals surface area contributed by atoms with Gasteiger partial charge in [0.25, 0.3) is 5.91 Å². The van der Waals surface area contributed by atoms with Crippen LogP contribution < -0.4 is 10.6 Å². The molecule has 1 aliphatic rings. The zero-order chi connectivity index (χ0) is 21.0.